The molecule has 0 aromatic heterocycles. The molecule has 13 rings (SSSR count). The van der Waals surface area contributed by atoms with Crippen molar-refractivity contribution >= 4 is 38.6 Å². The average molecular weight is 776 g/mol. The molecular formula is C60H41N. The molecule has 0 N–H and O–H groups in total. The fourth-order valence-electron chi connectivity index (χ4n) is 11.7. The number of benzene rings is 10. The van der Waals surface area contributed by atoms with E-state index in [1.54, 1.807) is 0 Å². The van der Waals surface area contributed by atoms with Gasteiger partial charge in [0.05, 0.1) is 11.1 Å². The standard InChI is InChI=1S/C60H41N/c1-59(2)54-30-16-26-43(39-18-4-3-5-19-39)57(54)50-37-56(48-24-8-9-25-49(48)58(50)59)61(41-32-31-38-17-6-7-20-40(38)35-41)42-33-34-47-46-23-12-15-29-53(46)60(55(47)36-42)51-27-13-10-21-44(51)45-22-11-14-28-52(45)60/h3-37H,1-2H3. The molecule has 3 aliphatic rings. The quantitative estimate of drug-likeness (QED) is 0.172. The summed E-state index contributed by atoms with van der Waals surface area (Å²) in [5.74, 6) is 0. The average Bonchev–Trinajstić information content (AvgIpc) is 3.87. The summed E-state index contributed by atoms with van der Waals surface area (Å²) < 4.78 is 0. The van der Waals surface area contributed by atoms with Gasteiger partial charge in [-0.05, 0) is 124 Å². The summed E-state index contributed by atoms with van der Waals surface area (Å²) in [5, 5.41) is 4.99. The Labute approximate surface area is 356 Å². The van der Waals surface area contributed by atoms with Crippen molar-refractivity contribution in [3.05, 3.63) is 246 Å². The summed E-state index contributed by atoms with van der Waals surface area (Å²) in [6, 6.07) is 79.8. The minimum absolute atomic E-state index is 0.198. The molecule has 0 amide bonds. The first-order valence-electron chi connectivity index (χ1n) is 21.5. The smallest absolute Gasteiger partial charge is 0.0726 e. The molecule has 1 heteroatoms. The first-order chi connectivity index (χ1) is 30.0. The molecule has 0 atom stereocenters. The Balaban J connectivity index is 1.13. The van der Waals surface area contributed by atoms with E-state index in [1.165, 1.54) is 105 Å². The molecule has 286 valence electrons. The van der Waals surface area contributed by atoms with Gasteiger partial charge in [0.15, 0.2) is 0 Å². The molecule has 0 saturated carbocycles. The second-order valence-electron chi connectivity index (χ2n) is 17.6. The highest BCUT2D eigenvalue weighted by Crippen LogP contribution is 2.64. The highest BCUT2D eigenvalue weighted by atomic mass is 15.1. The van der Waals surface area contributed by atoms with Crippen LogP contribution >= 0.6 is 0 Å². The molecule has 10 aromatic carbocycles. The van der Waals surface area contributed by atoms with Gasteiger partial charge in [0.2, 0.25) is 0 Å². The van der Waals surface area contributed by atoms with Crippen LogP contribution in [0.1, 0.15) is 47.2 Å². The molecule has 61 heavy (non-hydrogen) atoms. The molecule has 0 bridgehead atoms. The van der Waals surface area contributed by atoms with Crippen molar-refractivity contribution in [2.24, 2.45) is 0 Å². The molecule has 0 saturated heterocycles. The zero-order valence-corrected chi connectivity index (χ0v) is 34.2. The Kier molecular flexibility index (Phi) is 7.06. The van der Waals surface area contributed by atoms with Crippen molar-refractivity contribution in [1.29, 1.82) is 0 Å². The highest BCUT2D eigenvalue weighted by molar-refractivity contribution is 6.10. The topological polar surface area (TPSA) is 3.24 Å². The van der Waals surface area contributed by atoms with Crippen LogP contribution in [-0.2, 0) is 10.8 Å². The summed E-state index contributed by atoms with van der Waals surface area (Å²) >= 11 is 0. The van der Waals surface area contributed by atoms with Crippen LogP contribution in [-0.4, -0.2) is 0 Å². The zero-order valence-electron chi connectivity index (χ0n) is 34.2. The second-order valence-corrected chi connectivity index (χ2v) is 17.6. The van der Waals surface area contributed by atoms with Crippen LogP contribution in [0.25, 0.3) is 66.1 Å². The van der Waals surface area contributed by atoms with Crippen LogP contribution < -0.4 is 4.90 Å². The molecule has 1 spiro atoms. The maximum absolute atomic E-state index is 2.55. The number of nitrogens with zero attached hydrogens (tertiary/aromatic N) is 1. The molecule has 0 fully saturated rings. The van der Waals surface area contributed by atoms with Crippen LogP contribution in [0.15, 0.2) is 212 Å². The maximum atomic E-state index is 2.55. The summed E-state index contributed by atoms with van der Waals surface area (Å²) in [5.41, 5.74) is 21.4. The monoisotopic (exact) mass is 775 g/mol. The molecular weight excluding hydrogens is 735 g/mol. The van der Waals surface area contributed by atoms with E-state index in [4.69, 9.17) is 0 Å². The van der Waals surface area contributed by atoms with Gasteiger partial charge in [0, 0.05) is 22.2 Å². The van der Waals surface area contributed by atoms with Gasteiger partial charge in [0.1, 0.15) is 0 Å². The summed E-state index contributed by atoms with van der Waals surface area (Å²) in [7, 11) is 0. The van der Waals surface area contributed by atoms with E-state index in [0.29, 0.717) is 0 Å². The van der Waals surface area contributed by atoms with Crippen molar-refractivity contribution in [3.8, 4) is 44.5 Å². The number of rotatable bonds is 4. The predicted molar refractivity (Wildman–Crippen MR) is 255 cm³/mol. The Hall–Kier alpha value is -7.48. The minimum Gasteiger partial charge on any atom is -0.310 e. The lowest BCUT2D eigenvalue weighted by molar-refractivity contribution is 0.666. The third kappa shape index (κ3) is 4.56. The lowest BCUT2D eigenvalue weighted by Gasteiger charge is -2.33. The van der Waals surface area contributed by atoms with Crippen LogP contribution in [0.2, 0.25) is 0 Å². The second kappa shape index (κ2) is 12.5. The maximum Gasteiger partial charge on any atom is 0.0726 e. The fourth-order valence-corrected chi connectivity index (χ4v) is 11.7. The lowest BCUT2D eigenvalue weighted by Crippen LogP contribution is -2.26. The Morgan fingerprint density at radius 2 is 0.869 bits per heavy atom. The molecule has 1 nitrogen and oxygen atoms in total. The Bertz CT molecular complexity index is 3400. The summed E-state index contributed by atoms with van der Waals surface area (Å²) in [4.78, 5) is 2.55. The van der Waals surface area contributed by atoms with Crippen LogP contribution in [0.3, 0.4) is 0 Å². The van der Waals surface area contributed by atoms with Gasteiger partial charge in [0.25, 0.3) is 0 Å². The van der Waals surface area contributed by atoms with Gasteiger partial charge in [-0.25, -0.2) is 0 Å². The van der Waals surface area contributed by atoms with Crippen molar-refractivity contribution in [3.63, 3.8) is 0 Å². The molecule has 0 heterocycles. The Morgan fingerprint density at radius 3 is 1.57 bits per heavy atom. The van der Waals surface area contributed by atoms with Gasteiger partial charge in [-0.15, -0.1) is 0 Å². The first kappa shape index (κ1) is 34.4. The predicted octanol–water partition coefficient (Wildman–Crippen LogP) is 15.8. The van der Waals surface area contributed by atoms with Gasteiger partial charge in [-0.1, -0.05) is 196 Å². The lowest BCUT2D eigenvalue weighted by atomic mass is 9.70. The third-order valence-corrected chi connectivity index (χ3v) is 14.2. The largest absolute Gasteiger partial charge is 0.310 e. The van der Waals surface area contributed by atoms with Gasteiger partial charge in [-0.3, -0.25) is 0 Å². The number of anilines is 3. The van der Waals surface area contributed by atoms with E-state index in [1.807, 2.05) is 0 Å². The van der Waals surface area contributed by atoms with Crippen molar-refractivity contribution < 1.29 is 0 Å². The van der Waals surface area contributed by atoms with Crippen LogP contribution in [0.4, 0.5) is 17.1 Å². The molecule has 10 aromatic rings. The van der Waals surface area contributed by atoms with Crippen LogP contribution in [0, 0.1) is 0 Å². The normalized spacial score (nSPS) is 14.3. The van der Waals surface area contributed by atoms with Crippen molar-refractivity contribution in [2.45, 2.75) is 24.7 Å². The van der Waals surface area contributed by atoms with E-state index < -0.39 is 5.41 Å². The van der Waals surface area contributed by atoms with Crippen LogP contribution in [0.5, 0.6) is 0 Å². The zero-order chi connectivity index (χ0) is 40.5. The van der Waals surface area contributed by atoms with E-state index in [-0.39, 0.29) is 5.41 Å². The highest BCUT2D eigenvalue weighted by Gasteiger charge is 2.51. The number of fused-ring (bicyclic) bond motifs is 16. The number of hydrogen-bond donors (Lipinski definition) is 0. The Morgan fingerprint density at radius 1 is 0.344 bits per heavy atom. The van der Waals surface area contributed by atoms with E-state index >= 15 is 0 Å². The van der Waals surface area contributed by atoms with Crippen molar-refractivity contribution in [1.82, 2.24) is 0 Å². The molecule has 0 unspecified atom stereocenters. The molecule has 0 radical (unpaired) electrons. The molecule has 3 aliphatic carbocycles. The fraction of sp³-hybridized carbons (Fsp3) is 0.0667. The van der Waals surface area contributed by atoms with Gasteiger partial charge < -0.3 is 4.90 Å². The van der Waals surface area contributed by atoms with E-state index in [0.717, 1.165) is 11.4 Å². The molecule has 0 aliphatic heterocycles. The number of hydrogen-bond acceptors (Lipinski definition) is 1. The SMILES string of the molecule is CC1(C)c2cccc(-c3ccccc3)c2-c2cc(N(c3ccc4c(c3)C3(c5ccccc5-c5ccccc53)c3ccccc3-4)c3ccc4ccccc4c3)c3ccccc3c21. The van der Waals surface area contributed by atoms with E-state index in [9.17, 15) is 0 Å². The van der Waals surface area contributed by atoms with Gasteiger partial charge >= 0.3 is 0 Å². The third-order valence-electron chi connectivity index (χ3n) is 14.2. The minimum atomic E-state index is -0.447. The van der Waals surface area contributed by atoms with Crippen molar-refractivity contribution in [2.75, 3.05) is 4.90 Å². The summed E-state index contributed by atoms with van der Waals surface area (Å²) in [6.07, 6.45) is 0. The van der Waals surface area contributed by atoms with Gasteiger partial charge in [-0.2, -0.15) is 0 Å². The summed E-state index contributed by atoms with van der Waals surface area (Å²) in [6.45, 7) is 4.82. The van der Waals surface area contributed by atoms with E-state index in [2.05, 4.69) is 231 Å². The first-order valence-corrected chi connectivity index (χ1v) is 21.5.